The number of rotatable bonds is 6. The second kappa shape index (κ2) is 9.37. The minimum atomic E-state index is -0.667. The van der Waals surface area contributed by atoms with Crippen LogP contribution in [0.25, 0.3) is 0 Å². The number of nitrogens with two attached hydrogens (primary N) is 1. The first-order chi connectivity index (χ1) is 9.41. The van der Waals surface area contributed by atoms with Gasteiger partial charge in [0, 0.05) is 27.1 Å². The minimum Gasteiger partial charge on any atom is -0.354 e. The summed E-state index contributed by atoms with van der Waals surface area (Å²) in [5.41, 5.74) is 7.81. The van der Waals surface area contributed by atoms with E-state index >= 15 is 0 Å². The Balaban J connectivity index is 0.00000400. The molecule has 21 heavy (non-hydrogen) atoms. The molecule has 1 aromatic rings. The predicted molar refractivity (Wildman–Crippen MR) is 86.3 cm³/mol. The van der Waals surface area contributed by atoms with E-state index in [4.69, 9.17) is 5.73 Å². The van der Waals surface area contributed by atoms with E-state index in [1.54, 1.807) is 19.0 Å². The largest absolute Gasteiger partial charge is 0.354 e. The molecular weight excluding hydrogens is 290 g/mol. The van der Waals surface area contributed by atoms with Gasteiger partial charge in [-0.1, -0.05) is 29.8 Å². The van der Waals surface area contributed by atoms with Crippen LogP contribution in [0.2, 0.25) is 0 Å². The third kappa shape index (κ3) is 6.60. The van der Waals surface area contributed by atoms with Crippen molar-refractivity contribution in [3.8, 4) is 0 Å². The Morgan fingerprint density at radius 3 is 2.33 bits per heavy atom. The molecule has 0 heterocycles. The van der Waals surface area contributed by atoms with Crippen LogP contribution in [0.15, 0.2) is 24.3 Å². The summed E-state index contributed by atoms with van der Waals surface area (Å²) in [5.74, 6) is -0.159. The quantitative estimate of drug-likeness (QED) is 0.780. The van der Waals surface area contributed by atoms with Crippen molar-refractivity contribution in [3.63, 3.8) is 0 Å². The number of carbonyl (C=O) groups is 2. The number of hydrogen-bond acceptors (Lipinski definition) is 3. The van der Waals surface area contributed by atoms with Crippen LogP contribution in [-0.4, -0.2) is 37.4 Å². The van der Waals surface area contributed by atoms with E-state index in [9.17, 15) is 9.59 Å². The molecule has 5 nitrogen and oxygen atoms in total. The van der Waals surface area contributed by atoms with Gasteiger partial charge in [-0.15, -0.1) is 12.4 Å². The molecule has 1 unspecified atom stereocenters. The van der Waals surface area contributed by atoms with Crippen molar-refractivity contribution in [3.05, 3.63) is 35.4 Å². The SMILES string of the molecule is Cc1ccc(C(N)C(=O)NCCCC(=O)N(C)C)cc1.Cl. The third-order valence-corrected chi connectivity index (χ3v) is 3.08. The van der Waals surface area contributed by atoms with Crippen LogP contribution < -0.4 is 11.1 Å². The zero-order valence-corrected chi connectivity index (χ0v) is 13.6. The van der Waals surface area contributed by atoms with Crippen molar-refractivity contribution in [2.75, 3.05) is 20.6 Å². The number of hydrogen-bond donors (Lipinski definition) is 2. The molecule has 0 aromatic heterocycles. The maximum absolute atomic E-state index is 11.9. The van der Waals surface area contributed by atoms with Gasteiger partial charge >= 0.3 is 0 Å². The molecular formula is C15H24ClN3O2. The zero-order chi connectivity index (χ0) is 15.1. The van der Waals surface area contributed by atoms with Crippen molar-refractivity contribution >= 4 is 24.2 Å². The maximum atomic E-state index is 11.9. The predicted octanol–water partition coefficient (Wildman–Crippen LogP) is 1.40. The number of nitrogens with one attached hydrogen (secondary N) is 1. The average molecular weight is 314 g/mol. The molecule has 0 aliphatic heterocycles. The van der Waals surface area contributed by atoms with Crippen LogP contribution in [0.4, 0.5) is 0 Å². The van der Waals surface area contributed by atoms with Crippen molar-refractivity contribution in [1.29, 1.82) is 0 Å². The molecule has 0 saturated carbocycles. The first-order valence-corrected chi connectivity index (χ1v) is 6.72. The van der Waals surface area contributed by atoms with Crippen molar-refractivity contribution in [2.24, 2.45) is 5.73 Å². The minimum absolute atomic E-state index is 0. The Bertz CT molecular complexity index is 460. The van der Waals surface area contributed by atoms with Crippen molar-refractivity contribution < 1.29 is 9.59 Å². The molecule has 2 amide bonds. The average Bonchev–Trinajstić information content (AvgIpc) is 2.43. The van der Waals surface area contributed by atoms with E-state index in [1.165, 1.54) is 0 Å². The lowest BCUT2D eigenvalue weighted by molar-refractivity contribution is -0.129. The highest BCUT2D eigenvalue weighted by atomic mass is 35.5. The van der Waals surface area contributed by atoms with Crippen LogP contribution in [-0.2, 0) is 9.59 Å². The fourth-order valence-electron chi connectivity index (χ4n) is 1.71. The van der Waals surface area contributed by atoms with Gasteiger partial charge in [-0.05, 0) is 18.9 Å². The van der Waals surface area contributed by atoms with E-state index in [0.29, 0.717) is 19.4 Å². The molecule has 3 N–H and O–H groups in total. The zero-order valence-electron chi connectivity index (χ0n) is 12.8. The highest BCUT2D eigenvalue weighted by molar-refractivity contribution is 5.85. The van der Waals surface area contributed by atoms with Crippen LogP contribution in [0.1, 0.15) is 30.0 Å². The number of halogens is 1. The third-order valence-electron chi connectivity index (χ3n) is 3.08. The van der Waals surface area contributed by atoms with Gasteiger partial charge in [-0.3, -0.25) is 9.59 Å². The summed E-state index contributed by atoms with van der Waals surface area (Å²) in [6, 6.07) is 6.90. The lowest BCUT2D eigenvalue weighted by Gasteiger charge is -2.13. The van der Waals surface area contributed by atoms with Crippen LogP contribution >= 0.6 is 12.4 Å². The Morgan fingerprint density at radius 2 is 1.81 bits per heavy atom. The summed E-state index contributed by atoms with van der Waals surface area (Å²) >= 11 is 0. The molecule has 1 atom stereocenters. The van der Waals surface area contributed by atoms with Gasteiger partial charge in [0.15, 0.2) is 0 Å². The summed E-state index contributed by atoms with van der Waals surface area (Å²) in [6.45, 7) is 2.44. The lowest BCUT2D eigenvalue weighted by atomic mass is 10.1. The summed E-state index contributed by atoms with van der Waals surface area (Å²) in [7, 11) is 3.43. The summed E-state index contributed by atoms with van der Waals surface area (Å²) in [5, 5.41) is 2.76. The molecule has 6 heteroatoms. The Morgan fingerprint density at radius 1 is 1.24 bits per heavy atom. The molecule has 0 fully saturated rings. The molecule has 0 spiro atoms. The second-order valence-corrected chi connectivity index (χ2v) is 5.07. The smallest absolute Gasteiger partial charge is 0.241 e. The van der Waals surface area contributed by atoms with Gasteiger partial charge in [-0.2, -0.15) is 0 Å². The normalized spacial score (nSPS) is 11.2. The van der Waals surface area contributed by atoms with E-state index in [-0.39, 0.29) is 24.2 Å². The Kier molecular flexibility index (Phi) is 8.66. The first kappa shape index (κ1) is 19.4. The van der Waals surface area contributed by atoms with E-state index in [2.05, 4.69) is 5.32 Å². The maximum Gasteiger partial charge on any atom is 0.241 e. The Labute approximate surface area is 132 Å². The van der Waals surface area contributed by atoms with E-state index in [0.717, 1.165) is 11.1 Å². The molecule has 0 saturated heterocycles. The summed E-state index contributed by atoms with van der Waals surface area (Å²) < 4.78 is 0. The highest BCUT2D eigenvalue weighted by Crippen LogP contribution is 2.11. The molecule has 1 aromatic carbocycles. The topological polar surface area (TPSA) is 75.4 Å². The van der Waals surface area contributed by atoms with Gasteiger partial charge in [0.2, 0.25) is 11.8 Å². The first-order valence-electron chi connectivity index (χ1n) is 6.72. The monoisotopic (exact) mass is 313 g/mol. The fourth-order valence-corrected chi connectivity index (χ4v) is 1.71. The molecule has 0 bridgehead atoms. The second-order valence-electron chi connectivity index (χ2n) is 5.07. The Hall–Kier alpha value is -1.59. The van der Waals surface area contributed by atoms with Crippen LogP contribution in [0, 0.1) is 6.92 Å². The number of benzene rings is 1. The summed E-state index contributed by atoms with van der Waals surface area (Å²) in [4.78, 5) is 24.8. The van der Waals surface area contributed by atoms with Crippen molar-refractivity contribution in [1.82, 2.24) is 10.2 Å². The fraction of sp³-hybridized carbons (Fsp3) is 0.467. The summed E-state index contributed by atoms with van der Waals surface area (Å²) in [6.07, 6.45) is 1.04. The van der Waals surface area contributed by atoms with Crippen LogP contribution in [0.5, 0.6) is 0 Å². The van der Waals surface area contributed by atoms with Gasteiger partial charge in [0.25, 0.3) is 0 Å². The van der Waals surface area contributed by atoms with Gasteiger partial charge in [0.1, 0.15) is 6.04 Å². The van der Waals surface area contributed by atoms with Gasteiger partial charge < -0.3 is 16.0 Å². The number of carbonyl (C=O) groups excluding carboxylic acids is 2. The number of amides is 2. The molecule has 0 radical (unpaired) electrons. The van der Waals surface area contributed by atoms with Crippen LogP contribution in [0.3, 0.4) is 0 Å². The molecule has 118 valence electrons. The van der Waals surface area contributed by atoms with Gasteiger partial charge in [-0.25, -0.2) is 0 Å². The molecule has 0 aliphatic rings. The molecule has 1 rings (SSSR count). The van der Waals surface area contributed by atoms with Crippen molar-refractivity contribution in [2.45, 2.75) is 25.8 Å². The standard InChI is InChI=1S/C15H23N3O2.ClH/c1-11-6-8-12(9-7-11)14(16)15(20)17-10-4-5-13(19)18(2)3;/h6-9,14H,4-5,10,16H2,1-3H3,(H,17,20);1H. The lowest BCUT2D eigenvalue weighted by Crippen LogP contribution is -2.35. The number of nitrogens with zero attached hydrogens (tertiary/aromatic N) is 1. The van der Waals surface area contributed by atoms with E-state index in [1.807, 2.05) is 31.2 Å². The number of aryl methyl sites for hydroxylation is 1. The van der Waals surface area contributed by atoms with E-state index < -0.39 is 6.04 Å². The highest BCUT2D eigenvalue weighted by Gasteiger charge is 2.15. The van der Waals surface area contributed by atoms with Gasteiger partial charge in [0.05, 0.1) is 0 Å². The molecule has 0 aliphatic carbocycles.